The van der Waals surface area contributed by atoms with E-state index in [1.54, 1.807) is 0 Å². The molecule has 0 saturated heterocycles. The highest BCUT2D eigenvalue weighted by Crippen LogP contribution is 2.21. The quantitative estimate of drug-likeness (QED) is 0.819. The maximum atomic E-state index is 11.8. The van der Waals surface area contributed by atoms with Crippen LogP contribution in [0, 0.1) is 0 Å². The first-order valence-electron chi connectivity index (χ1n) is 5.03. The maximum Gasteiger partial charge on any atom is 0.261 e. The number of hydrogen-bond acceptors (Lipinski definition) is 4. The summed E-state index contributed by atoms with van der Waals surface area (Å²) >= 11 is 5.73. The number of rotatable bonds is 5. The van der Waals surface area contributed by atoms with Crippen molar-refractivity contribution in [2.45, 2.75) is 4.90 Å². The van der Waals surface area contributed by atoms with E-state index in [0.717, 1.165) is 12.1 Å². The molecule has 1 N–H and O–H groups in total. The van der Waals surface area contributed by atoms with E-state index in [2.05, 4.69) is 5.32 Å². The van der Waals surface area contributed by atoms with Crippen molar-refractivity contribution in [1.29, 1.82) is 0 Å². The van der Waals surface area contributed by atoms with Crippen LogP contribution >= 0.6 is 22.3 Å². The lowest BCUT2D eigenvalue weighted by Gasteiger charge is -2.06. The Morgan fingerprint density at radius 2 is 2.00 bits per heavy atom. The molecule has 0 spiro atoms. The van der Waals surface area contributed by atoms with E-state index >= 15 is 0 Å². The van der Waals surface area contributed by atoms with Crippen LogP contribution in [-0.4, -0.2) is 37.1 Å². The van der Waals surface area contributed by atoms with Crippen LogP contribution in [0.5, 0.6) is 0 Å². The van der Waals surface area contributed by atoms with Crippen molar-refractivity contribution in [2.75, 3.05) is 18.6 Å². The minimum atomic E-state index is -3.96. The molecule has 1 aromatic carbocycles. The second-order valence-corrected chi connectivity index (χ2v) is 8.20. The van der Waals surface area contributed by atoms with Gasteiger partial charge in [-0.15, -0.1) is 0 Å². The van der Waals surface area contributed by atoms with E-state index in [0.29, 0.717) is 5.75 Å². The highest BCUT2D eigenvalue weighted by Gasteiger charge is 2.15. The molecule has 1 amide bonds. The Kier molecular flexibility index (Phi) is 5.79. The molecule has 0 heterocycles. The third-order valence-electron chi connectivity index (χ3n) is 2.09. The van der Waals surface area contributed by atoms with Gasteiger partial charge in [0, 0.05) is 50.6 Å². The molecule has 0 aliphatic rings. The molecule has 0 aliphatic heterocycles. The summed E-state index contributed by atoms with van der Waals surface area (Å²) in [7, 11) is 0.220. The summed E-state index contributed by atoms with van der Waals surface area (Å²) in [5, 5.41) is 2.60. The SMILES string of the molecule is CS(=O)CCNC(=O)c1cc(Cl)cc(S(=O)(=O)Cl)c1. The molecular weight excluding hydrogens is 333 g/mol. The van der Waals surface area contributed by atoms with Gasteiger partial charge in [-0.1, -0.05) is 11.6 Å². The second-order valence-electron chi connectivity index (χ2n) is 3.65. The van der Waals surface area contributed by atoms with Gasteiger partial charge in [0.1, 0.15) is 0 Å². The molecule has 0 bridgehead atoms. The van der Waals surface area contributed by atoms with Gasteiger partial charge in [0.2, 0.25) is 0 Å². The molecule has 0 saturated carbocycles. The molecule has 9 heteroatoms. The highest BCUT2D eigenvalue weighted by molar-refractivity contribution is 8.13. The molecular formula is C10H11Cl2NO4S2. The van der Waals surface area contributed by atoms with Gasteiger partial charge in [0.25, 0.3) is 15.0 Å². The summed E-state index contributed by atoms with van der Waals surface area (Å²) in [6, 6.07) is 3.61. The summed E-state index contributed by atoms with van der Waals surface area (Å²) in [6.07, 6.45) is 1.52. The fourth-order valence-electron chi connectivity index (χ4n) is 1.24. The third-order valence-corrected chi connectivity index (χ3v) is 4.42. The number of amides is 1. The van der Waals surface area contributed by atoms with Gasteiger partial charge in [0.15, 0.2) is 0 Å². The van der Waals surface area contributed by atoms with Crippen LogP contribution in [0.25, 0.3) is 0 Å². The average molecular weight is 344 g/mol. The first kappa shape index (κ1) is 16.4. The minimum absolute atomic E-state index is 0.0774. The average Bonchev–Trinajstić information content (AvgIpc) is 2.26. The summed E-state index contributed by atoms with van der Waals surface area (Å²) in [5.41, 5.74) is 0.0774. The molecule has 1 rings (SSSR count). The standard InChI is InChI=1S/C10H11Cl2NO4S2/c1-18(15)3-2-13-10(14)7-4-8(11)6-9(5-7)19(12,16)17/h4-6H,2-3H2,1H3,(H,13,14). The predicted molar refractivity (Wildman–Crippen MR) is 75.8 cm³/mol. The van der Waals surface area contributed by atoms with E-state index < -0.39 is 25.8 Å². The number of nitrogens with one attached hydrogen (secondary N) is 1. The Morgan fingerprint density at radius 3 is 2.53 bits per heavy atom. The molecule has 0 fully saturated rings. The van der Waals surface area contributed by atoms with Crippen LogP contribution < -0.4 is 5.32 Å². The maximum absolute atomic E-state index is 11.8. The third kappa shape index (κ3) is 5.48. The van der Waals surface area contributed by atoms with Crippen molar-refractivity contribution in [3.63, 3.8) is 0 Å². The van der Waals surface area contributed by atoms with E-state index in [1.165, 1.54) is 12.3 Å². The van der Waals surface area contributed by atoms with Gasteiger partial charge in [-0.3, -0.25) is 9.00 Å². The lowest BCUT2D eigenvalue weighted by molar-refractivity contribution is 0.0956. The second kappa shape index (κ2) is 6.69. The summed E-state index contributed by atoms with van der Waals surface area (Å²) in [4.78, 5) is 11.5. The zero-order valence-electron chi connectivity index (χ0n) is 9.85. The van der Waals surface area contributed by atoms with Crippen molar-refractivity contribution in [2.24, 2.45) is 0 Å². The molecule has 1 aromatic rings. The smallest absolute Gasteiger partial charge is 0.261 e. The topological polar surface area (TPSA) is 80.3 Å². The number of hydrogen-bond donors (Lipinski definition) is 1. The lowest BCUT2D eigenvalue weighted by atomic mass is 10.2. The van der Waals surface area contributed by atoms with Gasteiger partial charge < -0.3 is 5.32 Å². The Bertz CT molecular complexity index is 616. The van der Waals surface area contributed by atoms with Crippen LogP contribution in [0.2, 0.25) is 5.02 Å². The Morgan fingerprint density at radius 1 is 1.37 bits per heavy atom. The van der Waals surface area contributed by atoms with Crippen LogP contribution in [0.15, 0.2) is 23.1 Å². The Balaban J connectivity index is 2.92. The van der Waals surface area contributed by atoms with Crippen molar-refractivity contribution < 1.29 is 17.4 Å². The van der Waals surface area contributed by atoms with E-state index in [4.69, 9.17) is 22.3 Å². The van der Waals surface area contributed by atoms with Crippen molar-refractivity contribution >= 4 is 48.0 Å². The van der Waals surface area contributed by atoms with Crippen LogP contribution in [0.4, 0.5) is 0 Å². The fourth-order valence-corrected chi connectivity index (χ4v) is 2.74. The van der Waals surface area contributed by atoms with Crippen LogP contribution in [-0.2, 0) is 19.9 Å². The van der Waals surface area contributed by atoms with Gasteiger partial charge >= 0.3 is 0 Å². The van der Waals surface area contributed by atoms with E-state index in [-0.39, 0.29) is 22.0 Å². The number of carbonyl (C=O) groups is 1. The predicted octanol–water partition coefficient (Wildman–Crippen LogP) is 1.38. The molecule has 0 radical (unpaired) electrons. The fraction of sp³-hybridized carbons (Fsp3) is 0.300. The molecule has 106 valence electrons. The molecule has 0 aromatic heterocycles. The molecule has 0 aliphatic carbocycles. The van der Waals surface area contributed by atoms with Crippen LogP contribution in [0.3, 0.4) is 0 Å². The number of halogens is 2. The molecule has 19 heavy (non-hydrogen) atoms. The molecule has 1 atom stereocenters. The Labute approximate surface area is 123 Å². The first-order chi connectivity index (χ1) is 8.70. The van der Waals surface area contributed by atoms with Crippen LogP contribution in [0.1, 0.15) is 10.4 Å². The van der Waals surface area contributed by atoms with Gasteiger partial charge in [-0.2, -0.15) is 0 Å². The molecule has 1 unspecified atom stereocenters. The first-order valence-corrected chi connectivity index (χ1v) is 9.45. The monoisotopic (exact) mass is 343 g/mol. The van der Waals surface area contributed by atoms with Crippen molar-refractivity contribution in [3.05, 3.63) is 28.8 Å². The van der Waals surface area contributed by atoms with E-state index in [9.17, 15) is 17.4 Å². The van der Waals surface area contributed by atoms with Crippen molar-refractivity contribution in [3.8, 4) is 0 Å². The number of carbonyl (C=O) groups excluding carboxylic acids is 1. The minimum Gasteiger partial charge on any atom is -0.351 e. The van der Waals surface area contributed by atoms with Gasteiger partial charge in [-0.05, 0) is 18.2 Å². The summed E-state index contributed by atoms with van der Waals surface area (Å²) in [6.45, 7) is 0.220. The zero-order chi connectivity index (χ0) is 14.6. The van der Waals surface area contributed by atoms with Gasteiger partial charge in [0.05, 0.1) is 4.90 Å². The normalized spacial score (nSPS) is 13.0. The van der Waals surface area contributed by atoms with E-state index in [1.807, 2.05) is 0 Å². The number of benzene rings is 1. The van der Waals surface area contributed by atoms with Crippen molar-refractivity contribution in [1.82, 2.24) is 5.32 Å². The summed E-state index contributed by atoms with van der Waals surface area (Å²) < 4.78 is 33.2. The van der Waals surface area contributed by atoms with Gasteiger partial charge in [-0.25, -0.2) is 8.42 Å². The largest absolute Gasteiger partial charge is 0.351 e. The summed E-state index contributed by atoms with van der Waals surface area (Å²) in [5.74, 6) is -0.193. The highest BCUT2D eigenvalue weighted by atomic mass is 35.7. The molecule has 5 nitrogen and oxygen atoms in total. The zero-order valence-corrected chi connectivity index (χ0v) is 13.0. The lowest BCUT2D eigenvalue weighted by Crippen LogP contribution is -2.27. The Hall–Kier alpha value is -0.630.